The highest BCUT2D eigenvalue weighted by molar-refractivity contribution is 7.12. The lowest BCUT2D eigenvalue weighted by Crippen LogP contribution is -2.17. The van der Waals surface area contributed by atoms with Crippen molar-refractivity contribution in [1.82, 2.24) is 4.98 Å². The van der Waals surface area contributed by atoms with Gasteiger partial charge in [0, 0.05) is 5.56 Å². The number of carbonyl (C=O) groups excluding carboxylic acids is 2. The molecule has 0 aliphatic heterocycles. The highest BCUT2D eigenvalue weighted by atomic mass is 32.1. The molecule has 0 fully saturated rings. The average Bonchev–Trinajstić information content (AvgIpc) is 2.78. The number of nitrogens with two attached hydrogens (primary N) is 1. The zero-order chi connectivity index (χ0) is 13.1. The molecule has 2 amide bonds. The molecule has 18 heavy (non-hydrogen) atoms. The van der Waals surface area contributed by atoms with Gasteiger partial charge in [0.05, 0.1) is 5.51 Å². The van der Waals surface area contributed by atoms with Gasteiger partial charge in [0.15, 0.2) is 5.82 Å². The van der Waals surface area contributed by atoms with Crippen molar-refractivity contribution < 1.29 is 14.0 Å². The molecular weight excluding hydrogens is 257 g/mol. The van der Waals surface area contributed by atoms with Crippen molar-refractivity contribution in [1.29, 1.82) is 0 Å². The third kappa shape index (κ3) is 2.51. The van der Waals surface area contributed by atoms with Crippen LogP contribution < -0.4 is 11.1 Å². The van der Waals surface area contributed by atoms with Gasteiger partial charge in [0.2, 0.25) is 0 Å². The fourth-order valence-corrected chi connectivity index (χ4v) is 1.89. The van der Waals surface area contributed by atoms with E-state index in [0.29, 0.717) is 0 Å². The van der Waals surface area contributed by atoms with Gasteiger partial charge < -0.3 is 11.1 Å². The van der Waals surface area contributed by atoms with E-state index in [1.807, 2.05) is 0 Å². The topological polar surface area (TPSA) is 85.1 Å². The standard InChI is InChI=1S/C11H8FN3O2S/c12-7-3-1-6(2-4-7)11(17)15-10-8(9(13)16)18-5-14-10/h1-5H,(H2,13,16)(H,15,17). The zero-order valence-electron chi connectivity index (χ0n) is 9.01. The van der Waals surface area contributed by atoms with Crippen LogP contribution in [0.2, 0.25) is 0 Å². The van der Waals surface area contributed by atoms with Crippen molar-refractivity contribution in [2.45, 2.75) is 0 Å². The Kier molecular flexibility index (Phi) is 3.33. The minimum atomic E-state index is -0.660. The summed E-state index contributed by atoms with van der Waals surface area (Å²) in [4.78, 5) is 26.8. The van der Waals surface area contributed by atoms with E-state index < -0.39 is 17.6 Å². The third-order valence-corrected chi connectivity index (χ3v) is 2.97. The van der Waals surface area contributed by atoms with Crippen LogP contribution in [0.25, 0.3) is 0 Å². The van der Waals surface area contributed by atoms with Gasteiger partial charge >= 0.3 is 0 Å². The van der Waals surface area contributed by atoms with Gasteiger partial charge in [-0.3, -0.25) is 9.59 Å². The highest BCUT2D eigenvalue weighted by Crippen LogP contribution is 2.18. The number of benzene rings is 1. The number of aromatic nitrogens is 1. The molecule has 0 saturated heterocycles. The van der Waals surface area contributed by atoms with E-state index in [0.717, 1.165) is 11.3 Å². The SMILES string of the molecule is NC(=O)c1scnc1NC(=O)c1ccc(F)cc1. The number of nitrogens with zero attached hydrogens (tertiary/aromatic N) is 1. The van der Waals surface area contributed by atoms with E-state index in [1.165, 1.54) is 29.8 Å². The molecule has 3 N–H and O–H groups in total. The second-order valence-electron chi connectivity index (χ2n) is 3.36. The summed E-state index contributed by atoms with van der Waals surface area (Å²) >= 11 is 1.04. The van der Waals surface area contributed by atoms with Gasteiger partial charge in [0.1, 0.15) is 10.7 Å². The first-order valence-corrected chi connectivity index (χ1v) is 5.76. The third-order valence-electron chi connectivity index (χ3n) is 2.13. The molecule has 0 radical (unpaired) electrons. The van der Waals surface area contributed by atoms with Crippen LogP contribution in [-0.4, -0.2) is 16.8 Å². The van der Waals surface area contributed by atoms with Gasteiger partial charge in [-0.1, -0.05) is 0 Å². The lowest BCUT2D eigenvalue weighted by Gasteiger charge is -2.03. The van der Waals surface area contributed by atoms with E-state index >= 15 is 0 Å². The maximum absolute atomic E-state index is 12.7. The Balaban J connectivity index is 2.19. The second-order valence-corrected chi connectivity index (χ2v) is 4.21. The summed E-state index contributed by atoms with van der Waals surface area (Å²) in [6.07, 6.45) is 0. The first-order valence-electron chi connectivity index (χ1n) is 4.88. The monoisotopic (exact) mass is 265 g/mol. The predicted molar refractivity (Wildman–Crippen MR) is 65.0 cm³/mol. The first kappa shape index (κ1) is 12.2. The second kappa shape index (κ2) is 4.92. The van der Waals surface area contributed by atoms with Crippen LogP contribution in [0.1, 0.15) is 20.0 Å². The minimum absolute atomic E-state index is 0.113. The molecule has 0 aliphatic carbocycles. The lowest BCUT2D eigenvalue weighted by atomic mass is 10.2. The molecule has 0 bridgehead atoms. The Morgan fingerprint density at radius 2 is 1.94 bits per heavy atom. The predicted octanol–water partition coefficient (Wildman–Crippen LogP) is 1.63. The number of nitrogens with one attached hydrogen (secondary N) is 1. The summed E-state index contributed by atoms with van der Waals surface area (Å²) in [6, 6.07) is 5.01. The first-order chi connectivity index (χ1) is 8.58. The minimum Gasteiger partial charge on any atom is -0.365 e. The van der Waals surface area contributed by atoms with Gasteiger partial charge in [-0.15, -0.1) is 11.3 Å². The molecule has 7 heteroatoms. The summed E-state index contributed by atoms with van der Waals surface area (Å²) in [7, 11) is 0. The van der Waals surface area contributed by atoms with Crippen molar-refractivity contribution in [3.05, 3.63) is 46.0 Å². The number of amides is 2. The van der Waals surface area contributed by atoms with Crippen LogP contribution in [0.5, 0.6) is 0 Å². The molecular formula is C11H8FN3O2S. The Labute approximate surface area is 105 Å². The van der Waals surface area contributed by atoms with Crippen LogP contribution in [0, 0.1) is 5.82 Å². The summed E-state index contributed by atoms with van der Waals surface area (Å²) < 4.78 is 12.7. The van der Waals surface area contributed by atoms with Crippen LogP contribution >= 0.6 is 11.3 Å². The van der Waals surface area contributed by atoms with Crippen molar-refractivity contribution >= 4 is 29.0 Å². The van der Waals surface area contributed by atoms with Crippen molar-refractivity contribution in [3.8, 4) is 0 Å². The molecule has 0 saturated carbocycles. The van der Waals surface area contributed by atoms with Gasteiger partial charge in [-0.25, -0.2) is 9.37 Å². The fourth-order valence-electron chi connectivity index (χ4n) is 1.29. The Hall–Kier alpha value is -2.28. The number of anilines is 1. The van der Waals surface area contributed by atoms with Crippen LogP contribution in [0.3, 0.4) is 0 Å². The Morgan fingerprint density at radius 1 is 1.28 bits per heavy atom. The molecule has 92 valence electrons. The Bertz CT molecular complexity index is 595. The summed E-state index contributed by atoms with van der Waals surface area (Å²) in [5.74, 6) is -1.46. The maximum atomic E-state index is 12.7. The number of hydrogen-bond donors (Lipinski definition) is 2. The molecule has 0 spiro atoms. The number of hydrogen-bond acceptors (Lipinski definition) is 4. The molecule has 2 rings (SSSR count). The number of primary amides is 1. The number of thiazole rings is 1. The van der Waals surface area contributed by atoms with Gasteiger partial charge in [-0.2, -0.15) is 0 Å². The molecule has 1 aromatic heterocycles. The van der Waals surface area contributed by atoms with Crippen LogP contribution in [-0.2, 0) is 0 Å². The normalized spacial score (nSPS) is 10.1. The van der Waals surface area contributed by atoms with E-state index in [-0.39, 0.29) is 16.3 Å². The Morgan fingerprint density at radius 3 is 2.56 bits per heavy atom. The van der Waals surface area contributed by atoms with E-state index in [4.69, 9.17) is 5.73 Å². The highest BCUT2D eigenvalue weighted by Gasteiger charge is 2.15. The summed E-state index contributed by atoms with van der Waals surface area (Å²) in [5, 5.41) is 2.44. The number of halogens is 1. The molecule has 0 atom stereocenters. The molecule has 1 heterocycles. The van der Waals surface area contributed by atoms with Gasteiger partial charge in [0.25, 0.3) is 11.8 Å². The van der Waals surface area contributed by atoms with Crippen LogP contribution in [0.15, 0.2) is 29.8 Å². The lowest BCUT2D eigenvalue weighted by molar-refractivity contribution is 0.100. The summed E-state index contributed by atoms with van der Waals surface area (Å²) in [6.45, 7) is 0. The molecule has 0 aliphatic rings. The van der Waals surface area contributed by atoms with Crippen LogP contribution in [0.4, 0.5) is 10.2 Å². The molecule has 2 aromatic rings. The maximum Gasteiger partial charge on any atom is 0.262 e. The van der Waals surface area contributed by atoms with E-state index in [1.54, 1.807) is 0 Å². The quantitative estimate of drug-likeness (QED) is 0.884. The van der Waals surface area contributed by atoms with Crippen molar-refractivity contribution in [2.75, 3.05) is 5.32 Å². The molecule has 1 aromatic carbocycles. The number of rotatable bonds is 3. The zero-order valence-corrected chi connectivity index (χ0v) is 9.83. The van der Waals surface area contributed by atoms with E-state index in [2.05, 4.69) is 10.3 Å². The number of carbonyl (C=O) groups is 2. The van der Waals surface area contributed by atoms with Gasteiger partial charge in [-0.05, 0) is 24.3 Å². The molecule has 5 nitrogen and oxygen atoms in total. The fraction of sp³-hybridized carbons (Fsp3) is 0. The van der Waals surface area contributed by atoms with Crippen molar-refractivity contribution in [3.63, 3.8) is 0 Å². The summed E-state index contributed by atoms with van der Waals surface area (Å²) in [5.41, 5.74) is 6.79. The average molecular weight is 265 g/mol. The van der Waals surface area contributed by atoms with E-state index in [9.17, 15) is 14.0 Å². The smallest absolute Gasteiger partial charge is 0.262 e. The van der Waals surface area contributed by atoms with Crippen molar-refractivity contribution in [2.24, 2.45) is 5.73 Å². The molecule has 0 unspecified atom stereocenters. The largest absolute Gasteiger partial charge is 0.365 e.